The highest BCUT2D eigenvalue weighted by molar-refractivity contribution is 9.40. The van der Waals surface area contributed by atoms with Gasteiger partial charge in [-0.25, -0.2) is 0 Å². The molecule has 0 amide bonds. The van der Waals surface area contributed by atoms with Crippen LogP contribution >= 0.6 is 108 Å². The minimum atomic E-state index is -0.450. The number of aliphatic imine (C=N–C) groups is 1. The number of alkyl halides is 6. The summed E-state index contributed by atoms with van der Waals surface area (Å²) in [5, 5.41) is 0.0273. The molecular formula is C4H2Br6N2S. The van der Waals surface area contributed by atoms with Crippen molar-refractivity contribution in [2.75, 3.05) is 0 Å². The maximum atomic E-state index is 4.29. The Kier molecular flexibility index (Phi) is 5.20. The molecule has 1 atom stereocenters. The van der Waals surface area contributed by atoms with Crippen molar-refractivity contribution in [1.82, 2.24) is 4.31 Å². The van der Waals surface area contributed by atoms with E-state index in [9.17, 15) is 0 Å². The van der Waals surface area contributed by atoms with Gasteiger partial charge in [-0.1, -0.05) is 47.8 Å². The van der Waals surface area contributed by atoms with Crippen molar-refractivity contribution in [1.29, 1.82) is 0 Å². The molecule has 0 N–H and O–H groups in total. The van der Waals surface area contributed by atoms with Crippen LogP contribution in [0.25, 0.3) is 0 Å². The molecule has 0 saturated heterocycles. The maximum absolute atomic E-state index is 4.29. The maximum Gasteiger partial charge on any atom is 0.217 e. The molecule has 0 aliphatic carbocycles. The predicted octanol–water partition coefficient (Wildman–Crippen LogP) is 4.94. The Morgan fingerprint density at radius 3 is 1.92 bits per heavy atom. The quantitative estimate of drug-likeness (QED) is 0.226. The molecule has 1 unspecified atom stereocenters. The molecule has 1 aliphatic rings. The first-order valence-electron chi connectivity index (χ1n) is 2.84. The van der Waals surface area contributed by atoms with Crippen molar-refractivity contribution in [3.05, 3.63) is 0 Å². The van der Waals surface area contributed by atoms with Crippen LogP contribution in [0.15, 0.2) is 4.99 Å². The highest BCUT2D eigenvalue weighted by Crippen LogP contribution is 2.51. The van der Waals surface area contributed by atoms with Crippen molar-refractivity contribution < 1.29 is 0 Å². The van der Waals surface area contributed by atoms with E-state index in [4.69, 9.17) is 0 Å². The molecule has 0 spiro atoms. The number of nitrogens with zero attached hydrogens (tertiary/aromatic N) is 2. The average molecular weight is 590 g/mol. The van der Waals surface area contributed by atoms with Gasteiger partial charge in [0.1, 0.15) is 0 Å². The first-order valence-corrected chi connectivity index (χ1v) is 8.43. The van der Waals surface area contributed by atoms with E-state index in [1.54, 1.807) is 18.3 Å². The summed E-state index contributed by atoms with van der Waals surface area (Å²) in [6.07, 6.45) is 1.74. The Morgan fingerprint density at radius 2 is 1.69 bits per heavy atom. The highest BCUT2D eigenvalue weighted by atomic mass is 80.0. The Bertz CT molecular complexity index is 198. The SMILES string of the molecule is BrC(Br)(Br)C1N=CN(C(Br)(Br)Br)S1. The zero-order valence-corrected chi connectivity index (χ0v) is 16.1. The number of halogens is 6. The summed E-state index contributed by atoms with van der Waals surface area (Å²) >= 11 is 22.0. The van der Waals surface area contributed by atoms with Gasteiger partial charge in [-0.2, -0.15) is 0 Å². The second kappa shape index (κ2) is 4.91. The van der Waals surface area contributed by atoms with Gasteiger partial charge < -0.3 is 0 Å². The molecule has 1 aliphatic heterocycles. The zero-order chi connectivity index (χ0) is 10.3. The van der Waals surface area contributed by atoms with Crippen LogP contribution in [0.2, 0.25) is 0 Å². The van der Waals surface area contributed by atoms with Crippen LogP contribution in [0.3, 0.4) is 0 Å². The van der Waals surface area contributed by atoms with E-state index in [2.05, 4.69) is 101 Å². The van der Waals surface area contributed by atoms with Crippen molar-refractivity contribution >= 4 is 114 Å². The molecular weight excluding hydrogens is 588 g/mol. The average Bonchev–Trinajstić information content (AvgIpc) is 2.28. The fraction of sp³-hybridized carbons (Fsp3) is 0.750. The first kappa shape index (κ1) is 13.8. The molecule has 76 valence electrons. The van der Waals surface area contributed by atoms with Gasteiger partial charge in [0.25, 0.3) is 0 Å². The smallest absolute Gasteiger partial charge is 0.217 e. The number of hydrogen-bond donors (Lipinski definition) is 0. The van der Waals surface area contributed by atoms with Gasteiger partial charge in [-0.15, -0.1) is 0 Å². The summed E-state index contributed by atoms with van der Waals surface area (Å²) in [5.74, 6) is 0. The van der Waals surface area contributed by atoms with Crippen molar-refractivity contribution in [3.8, 4) is 0 Å². The van der Waals surface area contributed by atoms with Crippen LogP contribution in [0.1, 0.15) is 0 Å². The molecule has 0 aromatic rings. The van der Waals surface area contributed by atoms with Crippen molar-refractivity contribution in [2.45, 2.75) is 9.78 Å². The van der Waals surface area contributed by atoms with Crippen molar-refractivity contribution in [3.63, 3.8) is 0 Å². The third kappa shape index (κ3) is 4.22. The molecule has 0 bridgehead atoms. The second-order valence-corrected chi connectivity index (χ2v) is 16.7. The summed E-state index contributed by atoms with van der Waals surface area (Å²) < 4.78 is 1.07. The topological polar surface area (TPSA) is 15.6 Å². The summed E-state index contributed by atoms with van der Waals surface area (Å²) in [5.41, 5.74) is 0. The van der Waals surface area contributed by atoms with Crippen LogP contribution in [0.4, 0.5) is 0 Å². The summed E-state index contributed by atoms with van der Waals surface area (Å²) in [4.78, 5) is 4.29. The molecule has 1 heterocycles. The van der Waals surface area contributed by atoms with Crippen LogP contribution in [0.5, 0.6) is 0 Å². The fourth-order valence-corrected chi connectivity index (χ4v) is 3.36. The summed E-state index contributed by atoms with van der Waals surface area (Å²) in [6.45, 7) is 0. The lowest BCUT2D eigenvalue weighted by Gasteiger charge is -2.25. The Balaban J connectivity index is 2.63. The predicted molar refractivity (Wildman–Crippen MR) is 80.7 cm³/mol. The minimum Gasteiger partial charge on any atom is -0.269 e. The van der Waals surface area contributed by atoms with Gasteiger partial charge in [-0.05, 0) is 59.7 Å². The van der Waals surface area contributed by atoms with Gasteiger partial charge in [0.05, 0.1) is 6.34 Å². The van der Waals surface area contributed by atoms with E-state index < -0.39 is 2.27 Å². The number of rotatable bonds is 0. The van der Waals surface area contributed by atoms with E-state index in [1.165, 1.54) is 0 Å². The van der Waals surface area contributed by atoms with Gasteiger partial charge in [-0.3, -0.25) is 9.30 Å². The molecule has 2 nitrogen and oxygen atoms in total. The lowest BCUT2D eigenvalue weighted by Crippen LogP contribution is -2.25. The standard InChI is InChI=1S/C4H2Br6N2S/c5-3(6,7)2-11-1-12(13-2)4(8,9)10/h1-2H. The van der Waals surface area contributed by atoms with Gasteiger partial charge in [0, 0.05) is 0 Å². The molecule has 0 fully saturated rings. The van der Waals surface area contributed by atoms with E-state index in [1.807, 2.05) is 4.31 Å². The molecule has 0 radical (unpaired) electrons. The molecule has 0 saturated carbocycles. The van der Waals surface area contributed by atoms with Gasteiger partial charge in [0.2, 0.25) is 2.27 Å². The van der Waals surface area contributed by atoms with Gasteiger partial charge >= 0.3 is 0 Å². The Labute approximate surface area is 131 Å². The Hall–Kier alpha value is 2.70. The van der Waals surface area contributed by atoms with E-state index in [-0.39, 0.29) is 7.52 Å². The van der Waals surface area contributed by atoms with Crippen LogP contribution in [-0.4, -0.2) is 20.4 Å². The second-order valence-electron chi connectivity index (χ2n) is 2.06. The molecule has 9 heteroatoms. The molecule has 0 aromatic heterocycles. The zero-order valence-electron chi connectivity index (χ0n) is 5.73. The third-order valence-corrected chi connectivity index (χ3v) is 6.38. The third-order valence-electron chi connectivity index (χ3n) is 1.05. The fourth-order valence-electron chi connectivity index (χ4n) is 0.553. The highest BCUT2D eigenvalue weighted by Gasteiger charge is 2.40. The first-order chi connectivity index (χ1) is 5.71. The van der Waals surface area contributed by atoms with Crippen LogP contribution in [-0.2, 0) is 0 Å². The molecule has 1 rings (SSSR count). The van der Waals surface area contributed by atoms with E-state index in [0.29, 0.717) is 0 Å². The largest absolute Gasteiger partial charge is 0.269 e. The van der Waals surface area contributed by atoms with Crippen molar-refractivity contribution in [2.24, 2.45) is 4.99 Å². The van der Waals surface area contributed by atoms with Crippen LogP contribution in [0, 0.1) is 0 Å². The summed E-state index contributed by atoms with van der Waals surface area (Å²) in [6, 6.07) is 0. The number of hydrogen-bond acceptors (Lipinski definition) is 3. The molecule has 0 aromatic carbocycles. The van der Waals surface area contributed by atoms with E-state index >= 15 is 0 Å². The lowest BCUT2D eigenvalue weighted by molar-refractivity contribution is 0.796. The monoisotopic (exact) mass is 584 g/mol. The minimum absolute atomic E-state index is 0.0273. The van der Waals surface area contributed by atoms with Crippen LogP contribution < -0.4 is 0 Å². The normalized spacial score (nSPS) is 24.2. The van der Waals surface area contributed by atoms with E-state index in [0.717, 1.165) is 0 Å². The molecule has 13 heavy (non-hydrogen) atoms. The Morgan fingerprint density at radius 1 is 1.15 bits per heavy atom. The lowest BCUT2D eigenvalue weighted by atomic mass is 10.8. The van der Waals surface area contributed by atoms with Gasteiger partial charge in [0.15, 0.2) is 7.52 Å². The summed E-state index contributed by atoms with van der Waals surface area (Å²) in [7, 11) is 0.